The molecule has 2 N–H and O–H groups in total. The number of amides is 1. The van der Waals surface area contributed by atoms with E-state index in [4.69, 9.17) is 0 Å². The molecule has 168 valence electrons. The molecule has 0 saturated carbocycles. The maximum absolute atomic E-state index is 13.1. The quantitative estimate of drug-likeness (QED) is 0.621. The fourth-order valence-electron chi connectivity index (χ4n) is 3.44. The second kappa shape index (κ2) is 9.80. The Morgan fingerprint density at radius 3 is 2.16 bits per heavy atom. The lowest BCUT2D eigenvalue weighted by Crippen LogP contribution is -2.36. The average Bonchev–Trinajstić information content (AvgIpc) is 2.75. The maximum atomic E-state index is 13.1. The first-order chi connectivity index (χ1) is 14.7. The molecule has 1 fully saturated rings. The lowest BCUT2D eigenvalue weighted by atomic mass is 10.2. The molecule has 0 radical (unpaired) electrons. The number of carbonyl (C=O) groups excluding carboxylic acids is 1. The standard InChI is InChI=1S/C21H27N3O5S2/c1-2-16-30(26,27)23-18-12-10-17(11-13-18)22-21(25)19-8-4-5-9-20(19)31(28,29)24-14-6-3-7-15-24/h4-5,8-13,23H,2-3,6-7,14-16H2,1H3,(H,22,25). The van der Waals surface area contributed by atoms with Crippen LogP contribution in [0.5, 0.6) is 0 Å². The number of anilines is 2. The monoisotopic (exact) mass is 465 g/mol. The van der Waals surface area contributed by atoms with Crippen molar-refractivity contribution < 1.29 is 21.6 Å². The van der Waals surface area contributed by atoms with Gasteiger partial charge < -0.3 is 5.32 Å². The summed E-state index contributed by atoms with van der Waals surface area (Å²) >= 11 is 0. The minimum Gasteiger partial charge on any atom is -0.322 e. The van der Waals surface area contributed by atoms with Crippen molar-refractivity contribution in [2.24, 2.45) is 0 Å². The highest BCUT2D eigenvalue weighted by molar-refractivity contribution is 7.92. The molecule has 1 amide bonds. The summed E-state index contributed by atoms with van der Waals surface area (Å²) in [5.74, 6) is -0.524. The first-order valence-corrected chi connectivity index (χ1v) is 13.3. The van der Waals surface area contributed by atoms with Gasteiger partial charge in [-0.3, -0.25) is 9.52 Å². The molecule has 31 heavy (non-hydrogen) atoms. The van der Waals surface area contributed by atoms with Gasteiger partial charge >= 0.3 is 0 Å². The first-order valence-electron chi connectivity index (χ1n) is 10.2. The van der Waals surface area contributed by atoms with Gasteiger partial charge in [-0.25, -0.2) is 16.8 Å². The largest absolute Gasteiger partial charge is 0.322 e. The average molecular weight is 466 g/mol. The Morgan fingerprint density at radius 2 is 1.52 bits per heavy atom. The summed E-state index contributed by atoms with van der Waals surface area (Å²) in [7, 11) is -7.17. The molecule has 3 rings (SSSR count). The first kappa shape index (κ1) is 23.2. The SMILES string of the molecule is CCCS(=O)(=O)Nc1ccc(NC(=O)c2ccccc2S(=O)(=O)N2CCCCC2)cc1. The van der Waals surface area contributed by atoms with Crippen molar-refractivity contribution in [3.8, 4) is 0 Å². The van der Waals surface area contributed by atoms with Crippen molar-refractivity contribution in [3.05, 3.63) is 54.1 Å². The molecular formula is C21H27N3O5S2. The summed E-state index contributed by atoms with van der Waals surface area (Å²) in [6.45, 7) is 2.68. The highest BCUT2D eigenvalue weighted by atomic mass is 32.2. The Balaban J connectivity index is 1.77. The highest BCUT2D eigenvalue weighted by Crippen LogP contribution is 2.24. The molecule has 1 heterocycles. The molecule has 1 aliphatic rings. The number of benzene rings is 2. The molecule has 0 unspecified atom stereocenters. The summed E-state index contributed by atoms with van der Waals surface area (Å²) in [5.41, 5.74) is 0.883. The van der Waals surface area contributed by atoms with E-state index in [1.165, 1.54) is 16.4 Å². The number of piperidine rings is 1. The molecule has 0 aliphatic carbocycles. The number of sulfonamides is 2. The molecule has 8 nitrogen and oxygen atoms in total. The van der Waals surface area contributed by atoms with Crippen LogP contribution in [0.4, 0.5) is 11.4 Å². The second-order valence-electron chi connectivity index (χ2n) is 7.41. The molecule has 0 bridgehead atoms. The minimum atomic E-state index is -3.77. The number of nitrogens with one attached hydrogen (secondary N) is 2. The van der Waals surface area contributed by atoms with Crippen LogP contribution in [0.2, 0.25) is 0 Å². The number of hydrogen-bond donors (Lipinski definition) is 2. The third-order valence-corrected chi connectivity index (χ3v) is 8.40. The second-order valence-corrected chi connectivity index (χ2v) is 11.2. The van der Waals surface area contributed by atoms with E-state index in [9.17, 15) is 21.6 Å². The van der Waals surface area contributed by atoms with Crippen LogP contribution in [0.3, 0.4) is 0 Å². The van der Waals surface area contributed by atoms with E-state index in [2.05, 4.69) is 10.0 Å². The van der Waals surface area contributed by atoms with Crippen LogP contribution in [0, 0.1) is 0 Å². The van der Waals surface area contributed by atoms with Gasteiger partial charge in [-0.1, -0.05) is 25.5 Å². The third kappa shape index (κ3) is 5.84. The summed E-state index contributed by atoms with van der Waals surface area (Å²) in [6, 6.07) is 12.4. The summed E-state index contributed by atoms with van der Waals surface area (Å²) in [6.07, 6.45) is 3.12. The van der Waals surface area contributed by atoms with Crippen LogP contribution >= 0.6 is 0 Å². The minimum absolute atomic E-state index is 0.0154. The molecule has 1 aliphatic heterocycles. The van der Waals surface area contributed by atoms with E-state index in [1.54, 1.807) is 43.3 Å². The van der Waals surface area contributed by atoms with Crippen molar-refractivity contribution in [1.82, 2.24) is 4.31 Å². The zero-order valence-electron chi connectivity index (χ0n) is 17.4. The molecule has 0 atom stereocenters. The van der Waals surface area contributed by atoms with Gasteiger partial charge in [0, 0.05) is 24.5 Å². The summed E-state index contributed by atoms with van der Waals surface area (Å²) in [5, 5.41) is 2.69. The Bertz CT molecular complexity index is 1120. The van der Waals surface area contributed by atoms with Crippen molar-refractivity contribution in [3.63, 3.8) is 0 Å². The van der Waals surface area contributed by atoms with E-state index < -0.39 is 26.0 Å². The van der Waals surface area contributed by atoms with E-state index in [1.807, 2.05) is 0 Å². The fraction of sp³-hybridized carbons (Fsp3) is 0.381. The normalized spacial score (nSPS) is 15.4. The van der Waals surface area contributed by atoms with Crippen LogP contribution in [0.15, 0.2) is 53.4 Å². The van der Waals surface area contributed by atoms with Gasteiger partial charge in [0.2, 0.25) is 20.0 Å². The van der Waals surface area contributed by atoms with Gasteiger partial charge in [0.25, 0.3) is 5.91 Å². The Kier molecular flexibility index (Phi) is 7.34. The molecule has 2 aromatic carbocycles. The zero-order valence-corrected chi connectivity index (χ0v) is 19.0. The topological polar surface area (TPSA) is 113 Å². The van der Waals surface area contributed by atoms with Crippen LogP contribution in [0.1, 0.15) is 43.0 Å². The highest BCUT2D eigenvalue weighted by Gasteiger charge is 2.29. The van der Waals surface area contributed by atoms with Crippen LogP contribution in [-0.4, -0.2) is 45.9 Å². The van der Waals surface area contributed by atoms with E-state index in [0.29, 0.717) is 30.9 Å². The van der Waals surface area contributed by atoms with Gasteiger partial charge in [0.05, 0.1) is 16.2 Å². The molecule has 0 spiro atoms. The molecular weight excluding hydrogens is 438 g/mol. The molecule has 2 aromatic rings. The summed E-state index contributed by atoms with van der Waals surface area (Å²) in [4.78, 5) is 12.8. The van der Waals surface area contributed by atoms with Crippen LogP contribution in [0.25, 0.3) is 0 Å². The number of rotatable bonds is 8. The predicted octanol–water partition coefficient (Wildman–Crippen LogP) is 3.27. The van der Waals surface area contributed by atoms with Crippen molar-refractivity contribution in [1.29, 1.82) is 0 Å². The van der Waals surface area contributed by atoms with Gasteiger partial charge in [-0.2, -0.15) is 4.31 Å². The zero-order chi connectivity index (χ0) is 22.5. The van der Waals surface area contributed by atoms with Gasteiger partial charge in [-0.05, 0) is 55.7 Å². The van der Waals surface area contributed by atoms with Crippen molar-refractivity contribution in [2.75, 3.05) is 28.9 Å². The Labute approximate surface area is 183 Å². The lowest BCUT2D eigenvalue weighted by Gasteiger charge is -2.26. The van der Waals surface area contributed by atoms with E-state index in [0.717, 1.165) is 19.3 Å². The van der Waals surface area contributed by atoms with E-state index in [-0.39, 0.29) is 16.2 Å². The Hall–Kier alpha value is -2.43. The Morgan fingerprint density at radius 1 is 0.903 bits per heavy atom. The van der Waals surface area contributed by atoms with E-state index >= 15 is 0 Å². The van der Waals surface area contributed by atoms with Crippen molar-refractivity contribution in [2.45, 2.75) is 37.5 Å². The lowest BCUT2D eigenvalue weighted by molar-refractivity contribution is 0.102. The van der Waals surface area contributed by atoms with Gasteiger partial charge in [0.1, 0.15) is 0 Å². The predicted molar refractivity (Wildman–Crippen MR) is 121 cm³/mol. The van der Waals surface area contributed by atoms with Crippen LogP contribution in [-0.2, 0) is 20.0 Å². The summed E-state index contributed by atoms with van der Waals surface area (Å²) < 4.78 is 53.8. The fourth-order valence-corrected chi connectivity index (χ4v) is 6.28. The third-order valence-electron chi connectivity index (χ3n) is 4.95. The van der Waals surface area contributed by atoms with Crippen molar-refractivity contribution >= 4 is 37.3 Å². The number of hydrogen-bond acceptors (Lipinski definition) is 5. The van der Waals surface area contributed by atoms with Crippen LogP contribution < -0.4 is 10.0 Å². The van der Waals surface area contributed by atoms with Gasteiger partial charge in [0.15, 0.2) is 0 Å². The number of nitrogens with zero attached hydrogens (tertiary/aromatic N) is 1. The van der Waals surface area contributed by atoms with Gasteiger partial charge in [-0.15, -0.1) is 0 Å². The molecule has 10 heteroatoms. The molecule has 0 aromatic heterocycles. The molecule has 1 saturated heterocycles. The smallest absolute Gasteiger partial charge is 0.257 e. The number of carbonyl (C=O) groups is 1. The maximum Gasteiger partial charge on any atom is 0.257 e.